The molecule has 6 heteroatoms. The first-order chi connectivity index (χ1) is 11.5. The van der Waals surface area contributed by atoms with Crippen LogP contribution < -0.4 is 4.74 Å². The van der Waals surface area contributed by atoms with Gasteiger partial charge < -0.3 is 4.74 Å². The van der Waals surface area contributed by atoms with Gasteiger partial charge in [0.15, 0.2) is 5.78 Å². The highest BCUT2D eigenvalue weighted by atomic mass is 35.5. The highest BCUT2D eigenvalue weighted by molar-refractivity contribution is 6.30. The summed E-state index contributed by atoms with van der Waals surface area (Å²) in [6, 6.07) is 10.8. The van der Waals surface area contributed by atoms with E-state index in [2.05, 4.69) is 0 Å². The quantitative estimate of drug-likeness (QED) is 0.356. The predicted octanol–water partition coefficient (Wildman–Crippen LogP) is 4.46. The normalized spacial score (nSPS) is 13.1. The standard InChI is InChI=1S/C18H12ClNO4/c19-15-4-8-18-14(10-15)9-12(11-24-18)1-7-17(21)13-2-5-16(6-3-13)20(22)23/h1-10H,11H2. The molecule has 0 N–H and O–H groups in total. The minimum absolute atomic E-state index is 0.0487. The van der Waals surface area contributed by atoms with Gasteiger partial charge in [-0.25, -0.2) is 0 Å². The van der Waals surface area contributed by atoms with Gasteiger partial charge in [-0.2, -0.15) is 0 Å². The van der Waals surface area contributed by atoms with E-state index in [1.54, 1.807) is 24.3 Å². The van der Waals surface area contributed by atoms with Crippen molar-refractivity contribution < 1.29 is 14.5 Å². The molecular formula is C18H12ClNO4. The third-order valence-electron chi connectivity index (χ3n) is 3.52. The molecule has 0 spiro atoms. The van der Waals surface area contributed by atoms with Crippen LogP contribution in [-0.4, -0.2) is 17.3 Å². The Morgan fingerprint density at radius 2 is 1.96 bits per heavy atom. The second-order valence-electron chi connectivity index (χ2n) is 5.19. The summed E-state index contributed by atoms with van der Waals surface area (Å²) in [5, 5.41) is 11.2. The number of halogens is 1. The highest BCUT2D eigenvalue weighted by Gasteiger charge is 2.11. The van der Waals surface area contributed by atoms with Gasteiger partial charge in [0.05, 0.1) is 4.92 Å². The van der Waals surface area contributed by atoms with E-state index in [9.17, 15) is 14.9 Å². The van der Waals surface area contributed by atoms with E-state index in [1.165, 1.54) is 30.3 Å². The molecule has 0 bridgehead atoms. The van der Waals surface area contributed by atoms with Crippen LogP contribution >= 0.6 is 11.6 Å². The van der Waals surface area contributed by atoms with Crippen LogP contribution in [0, 0.1) is 10.1 Å². The summed E-state index contributed by atoms with van der Waals surface area (Å²) in [7, 11) is 0. The molecule has 120 valence electrons. The molecule has 5 nitrogen and oxygen atoms in total. The molecule has 24 heavy (non-hydrogen) atoms. The second kappa shape index (κ2) is 6.68. The van der Waals surface area contributed by atoms with Crippen molar-refractivity contribution in [1.29, 1.82) is 0 Å². The summed E-state index contributed by atoms with van der Waals surface area (Å²) in [4.78, 5) is 22.2. The third kappa shape index (κ3) is 3.52. The van der Waals surface area contributed by atoms with Crippen LogP contribution in [0.4, 0.5) is 5.69 Å². The Kier molecular flexibility index (Phi) is 4.44. The van der Waals surface area contributed by atoms with Gasteiger partial charge in [0.1, 0.15) is 12.4 Å². The van der Waals surface area contributed by atoms with Crippen LogP contribution in [0.1, 0.15) is 15.9 Å². The van der Waals surface area contributed by atoms with Gasteiger partial charge in [0.2, 0.25) is 0 Å². The molecule has 2 aromatic carbocycles. The third-order valence-corrected chi connectivity index (χ3v) is 3.75. The monoisotopic (exact) mass is 341 g/mol. The lowest BCUT2D eigenvalue weighted by molar-refractivity contribution is -0.384. The maximum Gasteiger partial charge on any atom is 0.269 e. The van der Waals surface area contributed by atoms with Crippen LogP contribution in [-0.2, 0) is 0 Å². The minimum Gasteiger partial charge on any atom is -0.488 e. The molecule has 1 aliphatic heterocycles. The zero-order chi connectivity index (χ0) is 17.1. The van der Waals surface area contributed by atoms with Crippen molar-refractivity contribution in [2.75, 3.05) is 6.61 Å². The minimum atomic E-state index is -0.503. The van der Waals surface area contributed by atoms with Crippen LogP contribution in [0.3, 0.4) is 0 Å². The summed E-state index contributed by atoms with van der Waals surface area (Å²) in [5.41, 5.74) is 2.03. The summed E-state index contributed by atoms with van der Waals surface area (Å²) >= 11 is 5.96. The lowest BCUT2D eigenvalue weighted by Gasteiger charge is -2.16. The van der Waals surface area contributed by atoms with Crippen LogP contribution in [0.2, 0.25) is 5.02 Å². The van der Waals surface area contributed by atoms with Crippen molar-refractivity contribution in [1.82, 2.24) is 0 Å². The number of benzene rings is 2. The molecule has 0 aromatic heterocycles. The maximum atomic E-state index is 12.1. The number of carbonyl (C=O) groups is 1. The number of rotatable bonds is 4. The SMILES string of the molecule is O=C(C=CC1=Cc2cc(Cl)ccc2OC1)c1ccc([N+](=O)[O-])cc1. The van der Waals surface area contributed by atoms with Crippen LogP contribution in [0.5, 0.6) is 5.75 Å². The smallest absolute Gasteiger partial charge is 0.269 e. The summed E-state index contributed by atoms with van der Waals surface area (Å²) in [6.07, 6.45) is 5.00. The summed E-state index contributed by atoms with van der Waals surface area (Å²) in [6.45, 7) is 0.360. The highest BCUT2D eigenvalue weighted by Crippen LogP contribution is 2.29. The second-order valence-corrected chi connectivity index (χ2v) is 5.63. The number of non-ortho nitro benzene ring substituents is 1. The van der Waals surface area contributed by atoms with Gasteiger partial charge in [-0.05, 0) is 48.1 Å². The van der Waals surface area contributed by atoms with E-state index < -0.39 is 4.92 Å². The number of hydrogen-bond acceptors (Lipinski definition) is 4. The van der Waals surface area contributed by atoms with Gasteiger partial charge in [-0.15, -0.1) is 0 Å². The number of hydrogen-bond donors (Lipinski definition) is 0. The average Bonchev–Trinajstić information content (AvgIpc) is 2.59. The zero-order valence-electron chi connectivity index (χ0n) is 12.4. The van der Waals surface area contributed by atoms with Gasteiger partial charge >= 0.3 is 0 Å². The predicted molar refractivity (Wildman–Crippen MR) is 91.5 cm³/mol. The van der Waals surface area contributed by atoms with E-state index in [4.69, 9.17) is 16.3 Å². The van der Waals surface area contributed by atoms with Crippen molar-refractivity contribution in [3.05, 3.63) is 86.5 Å². The summed E-state index contributed by atoms with van der Waals surface area (Å²) in [5.74, 6) is 0.515. The number of nitrogens with zero attached hydrogens (tertiary/aromatic N) is 1. The lowest BCUT2D eigenvalue weighted by atomic mass is 10.1. The molecule has 1 heterocycles. The Hall–Kier alpha value is -2.92. The van der Waals surface area contributed by atoms with Crippen molar-refractivity contribution in [3.8, 4) is 5.75 Å². The molecule has 0 aliphatic carbocycles. The molecule has 0 fully saturated rings. The van der Waals surface area contributed by atoms with Gasteiger partial charge in [-0.1, -0.05) is 17.7 Å². The molecule has 0 unspecified atom stereocenters. The first-order valence-corrected chi connectivity index (χ1v) is 7.50. The Morgan fingerprint density at radius 3 is 2.67 bits per heavy atom. The van der Waals surface area contributed by atoms with Crippen LogP contribution in [0.15, 0.2) is 60.2 Å². The molecule has 0 amide bonds. The Bertz CT molecular complexity index is 869. The van der Waals surface area contributed by atoms with E-state index in [1.807, 2.05) is 6.08 Å². The molecule has 0 saturated heterocycles. The summed E-state index contributed by atoms with van der Waals surface area (Å²) < 4.78 is 5.61. The molecule has 0 saturated carbocycles. The molecule has 0 atom stereocenters. The van der Waals surface area contributed by atoms with Crippen molar-refractivity contribution in [3.63, 3.8) is 0 Å². The average molecular weight is 342 g/mol. The fourth-order valence-electron chi connectivity index (χ4n) is 2.29. The Morgan fingerprint density at radius 1 is 1.21 bits per heavy atom. The van der Waals surface area contributed by atoms with Gasteiger partial charge in [0, 0.05) is 28.3 Å². The van der Waals surface area contributed by atoms with Crippen molar-refractivity contribution in [2.24, 2.45) is 0 Å². The van der Waals surface area contributed by atoms with Gasteiger partial charge in [0.25, 0.3) is 5.69 Å². The Labute approximate surface area is 143 Å². The number of carbonyl (C=O) groups excluding carboxylic acids is 1. The molecule has 0 radical (unpaired) electrons. The molecule has 1 aliphatic rings. The number of allylic oxidation sites excluding steroid dienone is 1. The molecular weight excluding hydrogens is 330 g/mol. The largest absolute Gasteiger partial charge is 0.488 e. The maximum absolute atomic E-state index is 12.1. The number of ether oxygens (including phenoxy) is 1. The topological polar surface area (TPSA) is 69.4 Å². The fraction of sp³-hybridized carbons (Fsp3) is 0.0556. The van der Waals surface area contributed by atoms with Crippen molar-refractivity contribution >= 4 is 29.1 Å². The van der Waals surface area contributed by atoms with Gasteiger partial charge in [-0.3, -0.25) is 14.9 Å². The first kappa shape index (κ1) is 16.0. The van der Waals surface area contributed by atoms with E-state index >= 15 is 0 Å². The Balaban J connectivity index is 1.76. The zero-order valence-corrected chi connectivity index (χ0v) is 13.2. The first-order valence-electron chi connectivity index (χ1n) is 7.13. The lowest BCUT2D eigenvalue weighted by Crippen LogP contribution is -2.06. The molecule has 3 rings (SSSR count). The van der Waals surface area contributed by atoms with Crippen molar-refractivity contribution in [2.45, 2.75) is 0 Å². The van der Waals surface area contributed by atoms with E-state index in [0.29, 0.717) is 17.2 Å². The number of ketones is 1. The number of nitro groups is 1. The number of fused-ring (bicyclic) bond motifs is 1. The number of nitro benzene ring substituents is 1. The molecule has 2 aromatic rings. The fourth-order valence-corrected chi connectivity index (χ4v) is 2.47. The van der Waals surface area contributed by atoms with E-state index in [0.717, 1.165) is 16.9 Å². The van der Waals surface area contributed by atoms with Crippen LogP contribution in [0.25, 0.3) is 6.08 Å². The van der Waals surface area contributed by atoms with E-state index in [-0.39, 0.29) is 11.5 Å².